The zero-order valence-electron chi connectivity index (χ0n) is 10.1. The monoisotopic (exact) mass is 263 g/mol. The van der Waals surface area contributed by atoms with Crippen molar-refractivity contribution in [3.8, 4) is 0 Å². The van der Waals surface area contributed by atoms with E-state index < -0.39 is 5.97 Å². The summed E-state index contributed by atoms with van der Waals surface area (Å²) in [5, 5.41) is 8.94. The molecule has 0 aliphatic heterocycles. The molecule has 4 nitrogen and oxygen atoms in total. The van der Waals surface area contributed by atoms with Gasteiger partial charge in [-0.05, 0) is 24.6 Å². The van der Waals surface area contributed by atoms with Crippen molar-refractivity contribution in [2.75, 3.05) is 0 Å². The van der Waals surface area contributed by atoms with Crippen LogP contribution < -0.4 is 0 Å². The Morgan fingerprint density at radius 1 is 1.39 bits per heavy atom. The van der Waals surface area contributed by atoms with Crippen LogP contribution in [0.5, 0.6) is 0 Å². The predicted molar refractivity (Wildman–Crippen MR) is 69.5 cm³/mol. The Kier molecular flexibility index (Phi) is 3.34. The van der Waals surface area contributed by atoms with E-state index in [2.05, 4.69) is 0 Å². The number of carbonyl (C=O) groups is 2. The molecule has 2 heterocycles. The number of ketones is 1. The van der Waals surface area contributed by atoms with Crippen LogP contribution in [0.4, 0.5) is 0 Å². The highest BCUT2D eigenvalue weighted by Crippen LogP contribution is 2.21. The summed E-state index contributed by atoms with van der Waals surface area (Å²) in [5.74, 6) is -1.15. The third-order valence-electron chi connectivity index (χ3n) is 2.72. The van der Waals surface area contributed by atoms with Crippen LogP contribution in [-0.4, -0.2) is 21.4 Å². The van der Waals surface area contributed by atoms with E-state index in [0.29, 0.717) is 10.4 Å². The highest BCUT2D eigenvalue weighted by molar-refractivity contribution is 7.14. The molecule has 2 aromatic rings. The van der Waals surface area contributed by atoms with Crippen molar-refractivity contribution in [2.24, 2.45) is 7.05 Å². The molecule has 0 aromatic carbocycles. The molecule has 0 amide bonds. The minimum atomic E-state index is -1.03. The lowest BCUT2D eigenvalue weighted by atomic mass is 10.2. The Balaban J connectivity index is 2.34. The van der Waals surface area contributed by atoms with Crippen molar-refractivity contribution >= 4 is 23.1 Å². The Morgan fingerprint density at radius 3 is 2.61 bits per heavy atom. The minimum absolute atomic E-state index is 0.116. The summed E-state index contributed by atoms with van der Waals surface area (Å²) in [4.78, 5) is 24.9. The van der Waals surface area contributed by atoms with Crippen molar-refractivity contribution < 1.29 is 14.7 Å². The molecule has 2 aromatic heterocycles. The quantitative estimate of drug-likeness (QED) is 0.862. The van der Waals surface area contributed by atoms with Gasteiger partial charge in [0, 0.05) is 23.7 Å². The average Bonchev–Trinajstić information content (AvgIpc) is 2.94. The molecule has 0 spiro atoms. The SMILES string of the molecule is CCc1ccc(C(=O)c2cc(C(=O)O)n(C)c2)s1. The molecule has 94 valence electrons. The molecule has 1 N–H and O–H groups in total. The highest BCUT2D eigenvalue weighted by Gasteiger charge is 2.17. The number of aryl methyl sites for hydroxylation is 2. The fraction of sp³-hybridized carbons (Fsp3) is 0.231. The number of hydrogen-bond donors (Lipinski definition) is 1. The first-order valence-corrected chi connectivity index (χ1v) is 6.37. The van der Waals surface area contributed by atoms with E-state index in [1.165, 1.54) is 22.0 Å². The lowest BCUT2D eigenvalue weighted by Crippen LogP contribution is -2.02. The van der Waals surface area contributed by atoms with Gasteiger partial charge in [0.05, 0.1) is 4.88 Å². The van der Waals surface area contributed by atoms with Gasteiger partial charge in [0.15, 0.2) is 0 Å². The second kappa shape index (κ2) is 4.78. The summed E-state index contributed by atoms with van der Waals surface area (Å²) in [6, 6.07) is 5.13. The highest BCUT2D eigenvalue weighted by atomic mass is 32.1. The van der Waals surface area contributed by atoms with Gasteiger partial charge in [-0.2, -0.15) is 0 Å². The maximum absolute atomic E-state index is 12.2. The van der Waals surface area contributed by atoms with Crippen LogP contribution in [-0.2, 0) is 13.5 Å². The Bertz CT molecular complexity index is 610. The average molecular weight is 263 g/mol. The first-order chi connectivity index (χ1) is 8.52. The van der Waals surface area contributed by atoms with Crippen molar-refractivity contribution in [3.05, 3.63) is 45.4 Å². The summed E-state index contributed by atoms with van der Waals surface area (Å²) in [6.45, 7) is 2.03. The number of aromatic nitrogens is 1. The van der Waals surface area contributed by atoms with Crippen LogP contribution in [0.2, 0.25) is 0 Å². The largest absolute Gasteiger partial charge is 0.477 e. The molecular weight excluding hydrogens is 250 g/mol. The van der Waals surface area contributed by atoms with Crippen molar-refractivity contribution in [1.29, 1.82) is 0 Å². The summed E-state index contributed by atoms with van der Waals surface area (Å²) in [5.41, 5.74) is 0.532. The van der Waals surface area contributed by atoms with Crippen molar-refractivity contribution in [3.63, 3.8) is 0 Å². The van der Waals surface area contributed by atoms with Crippen LogP contribution in [0.3, 0.4) is 0 Å². The Hall–Kier alpha value is -1.88. The van der Waals surface area contributed by atoms with Crippen LogP contribution in [0.15, 0.2) is 24.4 Å². The normalized spacial score (nSPS) is 10.6. The standard InChI is InChI=1S/C13H13NO3S/c1-3-9-4-5-11(18-9)12(15)8-6-10(13(16)17)14(2)7-8/h4-7H,3H2,1-2H3,(H,16,17). The van der Waals surface area contributed by atoms with Gasteiger partial charge >= 0.3 is 5.97 Å². The number of rotatable bonds is 4. The smallest absolute Gasteiger partial charge is 0.352 e. The molecular formula is C13H13NO3S. The molecule has 0 atom stereocenters. The zero-order valence-corrected chi connectivity index (χ0v) is 11.0. The second-order valence-electron chi connectivity index (χ2n) is 3.98. The number of nitrogens with zero attached hydrogens (tertiary/aromatic N) is 1. The van der Waals surface area contributed by atoms with Crippen LogP contribution in [0.25, 0.3) is 0 Å². The molecule has 0 aliphatic rings. The number of carbonyl (C=O) groups excluding carboxylic acids is 1. The van der Waals surface area contributed by atoms with Crippen molar-refractivity contribution in [1.82, 2.24) is 4.57 Å². The molecule has 0 fully saturated rings. The van der Waals surface area contributed by atoms with E-state index in [-0.39, 0.29) is 11.5 Å². The molecule has 5 heteroatoms. The summed E-state index contributed by atoms with van der Waals surface area (Å²) >= 11 is 1.45. The first-order valence-electron chi connectivity index (χ1n) is 5.56. The lowest BCUT2D eigenvalue weighted by molar-refractivity contribution is 0.0686. The predicted octanol–water partition coefficient (Wildman–Crippen LogP) is 2.58. The molecule has 2 rings (SSSR count). The van der Waals surface area contributed by atoms with Gasteiger partial charge in [0.25, 0.3) is 0 Å². The summed E-state index contributed by atoms with van der Waals surface area (Å²) in [6.07, 6.45) is 2.45. The number of thiophene rings is 1. The van der Waals surface area contributed by atoms with E-state index in [0.717, 1.165) is 11.3 Å². The maximum Gasteiger partial charge on any atom is 0.352 e. The fourth-order valence-electron chi connectivity index (χ4n) is 1.73. The molecule has 0 saturated carbocycles. The van der Waals surface area contributed by atoms with Gasteiger partial charge in [-0.1, -0.05) is 6.92 Å². The van der Waals surface area contributed by atoms with Gasteiger partial charge in [-0.15, -0.1) is 11.3 Å². The van der Waals surface area contributed by atoms with Gasteiger partial charge in [-0.3, -0.25) is 4.79 Å². The minimum Gasteiger partial charge on any atom is -0.477 e. The van der Waals surface area contributed by atoms with E-state index in [1.807, 2.05) is 13.0 Å². The van der Waals surface area contributed by atoms with E-state index in [9.17, 15) is 9.59 Å². The lowest BCUT2D eigenvalue weighted by Gasteiger charge is -1.93. The van der Waals surface area contributed by atoms with Gasteiger partial charge in [-0.25, -0.2) is 4.79 Å². The van der Waals surface area contributed by atoms with Crippen LogP contribution in [0, 0.1) is 0 Å². The molecule has 0 bridgehead atoms. The van der Waals surface area contributed by atoms with E-state index >= 15 is 0 Å². The second-order valence-corrected chi connectivity index (χ2v) is 5.15. The van der Waals surface area contributed by atoms with E-state index in [4.69, 9.17) is 5.11 Å². The van der Waals surface area contributed by atoms with Crippen LogP contribution >= 0.6 is 11.3 Å². The Labute approximate surface area is 108 Å². The third kappa shape index (κ3) is 2.22. The summed E-state index contributed by atoms with van der Waals surface area (Å²) in [7, 11) is 1.62. The third-order valence-corrected chi connectivity index (χ3v) is 3.95. The number of aromatic carboxylic acids is 1. The van der Waals surface area contributed by atoms with Gasteiger partial charge in [0.1, 0.15) is 5.69 Å². The van der Waals surface area contributed by atoms with Crippen molar-refractivity contribution in [2.45, 2.75) is 13.3 Å². The van der Waals surface area contributed by atoms with Crippen LogP contribution in [0.1, 0.15) is 37.5 Å². The zero-order chi connectivity index (χ0) is 13.3. The topological polar surface area (TPSA) is 59.3 Å². The van der Waals surface area contributed by atoms with Gasteiger partial charge < -0.3 is 9.67 Å². The van der Waals surface area contributed by atoms with E-state index in [1.54, 1.807) is 19.3 Å². The van der Waals surface area contributed by atoms with Gasteiger partial charge in [0.2, 0.25) is 5.78 Å². The first kappa shape index (κ1) is 12.6. The molecule has 0 unspecified atom stereocenters. The Morgan fingerprint density at radius 2 is 2.11 bits per heavy atom. The number of carboxylic acids is 1. The number of carboxylic acid groups (broad SMARTS) is 1. The number of hydrogen-bond acceptors (Lipinski definition) is 3. The molecule has 18 heavy (non-hydrogen) atoms. The molecule has 0 radical (unpaired) electrons. The fourth-order valence-corrected chi connectivity index (χ4v) is 2.64. The molecule has 0 saturated heterocycles. The maximum atomic E-state index is 12.2. The molecule has 0 aliphatic carbocycles. The summed E-state index contributed by atoms with van der Waals surface area (Å²) < 4.78 is 1.45.